The topological polar surface area (TPSA) is 49.3 Å². The maximum absolute atomic E-state index is 13.4. The molecule has 6 heteroatoms. The molecule has 0 radical (unpaired) electrons. The van der Waals surface area contributed by atoms with Crippen LogP contribution in [0.2, 0.25) is 0 Å². The van der Waals surface area contributed by atoms with Crippen molar-refractivity contribution in [3.05, 3.63) is 59.4 Å². The zero-order valence-corrected chi connectivity index (χ0v) is 9.45. The summed E-state index contributed by atoms with van der Waals surface area (Å²) in [5.41, 5.74) is -0.483. The molecular weight excluding hydrogens is 259 g/mol. The standard InChI is InChI=1S/C13H8F3NO2/c14-8-1-2-11(16)12(6-8)17-10-4-7(13(18)19)3-9(15)5-10/h1-6,17H,(H,18,19). The summed E-state index contributed by atoms with van der Waals surface area (Å²) in [6.45, 7) is 0. The van der Waals surface area contributed by atoms with Gasteiger partial charge in [0.15, 0.2) is 0 Å². The number of nitrogens with one attached hydrogen (secondary N) is 1. The van der Waals surface area contributed by atoms with E-state index >= 15 is 0 Å². The van der Waals surface area contributed by atoms with Crippen LogP contribution in [0.5, 0.6) is 0 Å². The van der Waals surface area contributed by atoms with Crippen LogP contribution in [-0.2, 0) is 0 Å². The molecule has 2 aromatic carbocycles. The fraction of sp³-hybridized carbons (Fsp3) is 0. The third-order valence-corrected chi connectivity index (χ3v) is 2.35. The van der Waals surface area contributed by atoms with Gasteiger partial charge in [-0.1, -0.05) is 0 Å². The Morgan fingerprint density at radius 3 is 2.42 bits per heavy atom. The zero-order chi connectivity index (χ0) is 14.0. The van der Waals surface area contributed by atoms with E-state index in [-0.39, 0.29) is 16.9 Å². The smallest absolute Gasteiger partial charge is 0.335 e. The van der Waals surface area contributed by atoms with E-state index in [1.807, 2.05) is 0 Å². The predicted octanol–water partition coefficient (Wildman–Crippen LogP) is 3.55. The second-order valence-corrected chi connectivity index (χ2v) is 3.78. The Bertz CT molecular complexity index is 644. The molecule has 0 spiro atoms. The van der Waals surface area contributed by atoms with Gasteiger partial charge in [-0.05, 0) is 30.3 Å². The average Bonchev–Trinajstić information content (AvgIpc) is 2.33. The Kier molecular flexibility index (Phi) is 3.41. The van der Waals surface area contributed by atoms with E-state index in [2.05, 4.69) is 5.32 Å². The summed E-state index contributed by atoms with van der Waals surface area (Å²) < 4.78 is 39.5. The Labute approximate surface area is 106 Å². The fourth-order valence-electron chi connectivity index (χ4n) is 1.53. The average molecular weight is 267 g/mol. The van der Waals surface area contributed by atoms with E-state index in [0.29, 0.717) is 0 Å². The number of benzene rings is 2. The Balaban J connectivity index is 2.38. The maximum atomic E-state index is 13.4. The summed E-state index contributed by atoms with van der Waals surface area (Å²) in [5, 5.41) is 11.2. The molecule has 0 saturated heterocycles. The molecule has 2 N–H and O–H groups in total. The summed E-state index contributed by atoms with van der Waals surface area (Å²) in [5.74, 6) is -3.51. The van der Waals surface area contributed by atoms with Crippen LogP contribution >= 0.6 is 0 Å². The highest BCUT2D eigenvalue weighted by atomic mass is 19.1. The lowest BCUT2D eigenvalue weighted by atomic mass is 10.2. The van der Waals surface area contributed by atoms with Crippen molar-refractivity contribution >= 4 is 17.3 Å². The van der Waals surface area contributed by atoms with Gasteiger partial charge >= 0.3 is 5.97 Å². The number of carboxylic acid groups (broad SMARTS) is 1. The summed E-state index contributed by atoms with van der Waals surface area (Å²) >= 11 is 0. The van der Waals surface area contributed by atoms with Crippen LogP contribution in [0.4, 0.5) is 24.5 Å². The number of halogens is 3. The quantitative estimate of drug-likeness (QED) is 0.894. The van der Waals surface area contributed by atoms with Gasteiger partial charge in [0, 0.05) is 11.8 Å². The minimum Gasteiger partial charge on any atom is -0.478 e. The van der Waals surface area contributed by atoms with Crippen LogP contribution in [0.25, 0.3) is 0 Å². The molecule has 0 aromatic heterocycles. The normalized spacial score (nSPS) is 10.3. The molecule has 0 aliphatic rings. The Morgan fingerprint density at radius 2 is 1.74 bits per heavy atom. The highest BCUT2D eigenvalue weighted by Gasteiger charge is 2.09. The van der Waals surface area contributed by atoms with Crippen LogP contribution < -0.4 is 5.32 Å². The molecule has 0 unspecified atom stereocenters. The van der Waals surface area contributed by atoms with Crippen molar-refractivity contribution in [2.45, 2.75) is 0 Å². The van der Waals surface area contributed by atoms with E-state index in [9.17, 15) is 18.0 Å². The van der Waals surface area contributed by atoms with Crippen molar-refractivity contribution in [1.82, 2.24) is 0 Å². The number of anilines is 2. The van der Waals surface area contributed by atoms with Crippen molar-refractivity contribution in [2.24, 2.45) is 0 Å². The van der Waals surface area contributed by atoms with E-state index in [4.69, 9.17) is 5.11 Å². The first kappa shape index (κ1) is 12.9. The van der Waals surface area contributed by atoms with Gasteiger partial charge in [0.05, 0.1) is 11.3 Å². The molecule has 0 amide bonds. The first-order valence-corrected chi connectivity index (χ1v) is 5.21. The summed E-state index contributed by atoms with van der Waals surface area (Å²) in [4.78, 5) is 10.8. The van der Waals surface area contributed by atoms with Gasteiger partial charge in [-0.25, -0.2) is 18.0 Å². The molecule has 3 nitrogen and oxygen atoms in total. The van der Waals surface area contributed by atoms with Gasteiger partial charge in [-0.15, -0.1) is 0 Å². The minimum absolute atomic E-state index is 0.0156. The molecule has 0 heterocycles. The lowest BCUT2D eigenvalue weighted by Crippen LogP contribution is -2.00. The fourth-order valence-corrected chi connectivity index (χ4v) is 1.53. The van der Waals surface area contributed by atoms with Gasteiger partial charge in [0.1, 0.15) is 17.5 Å². The van der Waals surface area contributed by atoms with E-state index in [0.717, 1.165) is 36.4 Å². The number of hydrogen-bond donors (Lipinski definition) is 2. The molecule has 2 rings (SSSR count). The summed E-state index contributed by atoms with van der Waals surface area (Å²) in [6, 6.07) is 5.67. The highest BCUT2D eigenvalue weighted by molar-refractivity contribution is 5.89. The second-order valence-electron chi connectivity index (χ2n) is 3.78. The second kappa shape index (κ2) is 5.01. The van der Waals surface area contributed by atoms with Crippen LogP contribution in [0.1, 0.15) is 10.4 Å². The highest BCUT2D eigenvalue weighted by Crippen LogP contribution is 2.22. The van der Waals surface area contributed by atoms with Gasteiger partial charge < -0.3 is 10.4 Å². The minimum atomic E-state index is -1.32. The molecule has 0 bridgehead atoms. The predicted molar refractivity (Wildman–Crippen MR) is 63.0 cm³/mol. The number of rotatable bonds is 3. The van der Waals surface area contributed by atoms with Crippen LogP contribution in [0.3, 0.4) is 0 Å². The van der Waals surface area contributed by atoms with Crippen LogP contribution in [0, 0.1) is 17.5 Å². The number of carbonyl (C=O) groups is 1. The van der Waals surface area contributed by atoms with Crippen molar-refractivity contribution in [3.8, 4) is 0 Å². The van der Waals surface area contributed by atoms with Gasteiger partial charge in [-0.2, -0.15) is 0 Å². The monoisotopic (exact) mass is 267 g/mol. The van der Waals surface area contributed by atoms with E-state index in [1.165, 1.54) is 0 Å². The van der Waals surface area contributed by atoms with Gasteiger partial charge in [0.2, 0.25) is 0 Å². The molecule has 0 fully saturated rings. The molecule has 98 valence electrons. The Morgan fingerprint density at radius 1 is 1.00 bits per heavy atom. The molecule has 0 atom stereocenters. The number of carboxylic acids is 1. The Hall–Kier alpha value is -2.50. The molecule has 2 aromatic rings. The van der Waals surface area contributed by atoms with Crippen molar-refractivity contribution < 1.29 is 23.1 Å². The zero-order valence-electron chi connectivity index (χ0n) is 9.45. The third-order valence-electron chi connectivity index (χ3n) is 2.35. The maximum Gasteiger partial charge on any atom is 0.335 e. The molecule has 0 aliphatic carbocycles. The number of hydrogen-bond acceptors (Lipinski definition) is 2. The summed E-state index contributed by atoms with van der Waals surface area (Å²) in [6.07, 6.45) is 0. The van der Waals surface area contributed by atoms with Crippen molar-refractivity contribution in [3.63, 3.8) is 0 Å². The first-order chi connectivity index (χ1) is 8.95. The van der Waals surface area contributed by atoms with Crippen LogP contribution in [0.15, 0.2) is 36.4 Å². The lowest BCUT2D eigenvalue weighted by molar-refractivity contribution is 0.0696. The molecule has 0 aliphatic heterocycles. The van der Waals surface area contributed by atoms with Gasteiger partial charge in [0.25, 0.3) is 0 Å². The SMILES string of the molecule is O=C(O)c1cc(F)cc(Nc2cc(F)ccc2F)c1. The van der Waals surface area contributed by atoms with E-state index in [1.54, 1.807) is 0 Å². The van der Waals surface area contributed by atoms with Crippen molar-refractivity contribution in [2.75, 3.05) is 5.32 Å². The molecule has 0 saturated carbocycles. The first-order valence-electron chi connectivity index (χ1n) is 5.21. The van der Waals surface area contributed by atoms with Crippen molar-refractivity contribution in [1.29, 1.82) is 0 Å². The largest absolute Gasteiger partial charge is 0.478 e. The van der Waals surface area contributed by atoms with Crippen LogP contribution in [-0.4, -0.2) is 11.1 Å². The molecule has 19 heavy (non-hydrogen) atoms. The number of aromatic carboxylic acids is 1. The van der Waals surface area contributed by atoms with E-state index < -0.39 is 23.4 Å². The third kappa shape index (κ3) is 3.04. The lowest BCUT2D eigenvalue weighted by Gasteiger charge is -2.08. The molecular formula is C13H8F3NO2. The summed E-state index contributed by atoms with van der Waals surface area (Å²) in [7, 11) is 0. The van der Waals surface area contributed by atoms with Gasteiger partial charge in [-0.3, -0.25) is 0 Å².